The van der Waals surface area contributed by atoms with Gasteiger partial charge in [0.25, 0.3) is 0 Å². The number of carbonyl (C=O) groups is 1. The number of hydrogen-bond donors (Lipinski definition) is 2. The summed E-state index contributed by atoms with van der Waals surface area (Å²) in [5.74, 6) is 0.481. The molecule has 0 bridgehead atoms. The molecule has 1 heterocycles. The molecule has 1 aromatic carbocycles. The van der Waals surface area contributed by atoms with Gasteiger partial charge < -0.3 is 15.5 Å². The van der Waals surface area contributed by atoms with Crippen LogP contribution in [-0.2, 0) is 9.53 Å². The van der Waals surface area contributed by atoms with Crippen LogP contribution < -0.4 is 5.73 Å². The molecule has 0 fully saturated rings. The second kappa shape index (κ2) is 6.49. The molecular formula is C15H21N3O2S. The lowest BCUT2D eigenvalue weighted by Gasteiger charge is -2.20. The minimum absolute atomic E-state index is 0.369. The lowest BCUT2D eigenvalue weighted by atomic mass is 9.98. The molecule has 0 radical (unpaired) electrons. The van der Waals surface area contributed by atoms with Gasteiger partial charge in [0.05, 0.1) is 18.1 Å². The number of carbonyl (C=O) groups excluding carboxylic acids is 1. The zero-order valence-electron chi connectivity index (χ0n) is 12.6. The lowest BCUT2D eigenvalue weighted by Crippen LogP contribution is -2.45. The number of methoxy groups -OCH3 is 1. The minimum atomic E-state index is -0.916. The van der Waals surface area contributed by atoms with Gasteiger partial charge in [-0.05, 0) is 44.4 Å². The fourth-order valence-corrected chi connectivity index (χ4v) is 2.94. The summed E-state index contributed by atoms with van der Waals surface area (Å²) in [5.41, 5.74) is 8.24. The van der Waals surface area contributed by atoms with Crippen molar-refractivity contribution in [3.05, 3.63) is 23.8 Å². The van der Waals surface area contributed by atoms with Crippen LogP contribution in [0.3, 0.4) is 0 Å². The van der Waals surface area contributed by atoms with E-state index in [-0.39, 0.29) is 5.97 Å². The van der Waals surface area contributed by atoms with E-state index in [2.05, 4.69) is 23.0 Å². The molecule has 0 amide bonds. The average molecular weight is 307 g/mol. The first-order valence-electron chi connectivity index (χ1n) is 6.89. The Morgan fingerprint density at radius 2 is 2.29 bits per heavy atom. The first-order valence-corrected chi connectivity index (χ1v) is 7.87. The van der Waals surface area contributed by atoms with Crippen molar-refractivity contribution in [2.45, 2.75) is 37.4 Å². The van der Waals surface area contributed by atoms with Crippen LogP contribution in [-0.4, -0.2) is 34.3 Å². The van der Waals surface area contributed by atoms with Crippen LogP contribution in [0.5, 0.6) is 0 Å². The van der Waals surface area contributed by atoms with Crippen LogP contribution in [0.1, 0.15) is 25.3 Å². The normalized spacial score (nSPS) is 14.1. The summed E-state index contributed by atoms with van der Waals surface area (Å²) < 4.78 is 4.69. The zero-order chi connectivity index (χ0) is 15.5. The number of benzene rings is 1. The molecule has 2 rings (SSSR count). The predicted molar refractivity (Wildman–Crippen MR) is 85.4 cm³/mol. The third kappa shape index (κ3) is 3.98. The van der Waals surface area contributed by atoms with E-state index in [4.69, 9.17) is 10.5 Å². The second-order valence-electron chi connectivity index (χ2n) is 5.42. The monoisotopic (exact) mass is 307 g/mol. The molecule has 21 heavy (non-hydrogen) atoms. The summed E-state index contributed by atoms with van der Waals surface area (Å²) in [7, 11) is 1.36. The van der Waals surface area contributed by atoms with E-state index in [0.717, 1.165) is 28.4 Å². The lowest BCUT2D eigenvalue weighted by molar-refractivity contribution is -0.146. The number of thioether (sulfide) groups is 1. The number of nitrogens with two attached hydrogens (primary N) is 1. The largest absolute Gasteiger partial charge is 0.468 e. The molecule has 3 N–H and O–H groups in total. The third-order valence-corrected chi connectivity index (χ3v) is 4.31. The van der Waals surface area contributed by atoms with Crippen molar-refractivity contribution in [2.75, 3.05) is 12.9 Å². The van der Waals surface area contributed by atoms with Gasteiger partial charge in [-0.15, -0.1) is 0 Å². The van der Waals surface area contributed by atoms with E-state index in [1.807, 2.05) is 12.1 Å². The highest BCUT2D eigenvalue weighted by molar-refractivity contribution is 7.99. The van der Waals surface area contributed by atoms with E-state index in [9.17, 15) is 4.79 Å². The number of aromatic amines is 1. The van der Waals surface area contributed by atoms with Gasteiger partial charge in [-0.25, -0.2) is 4.98 Å². The molecule has 0 spiro atoms. The molecule has 0 saturated heterocycles. The van der Waals surface area contributed by atoms with Gasteiger partial charge in [0.15, 0.2) is 5.16 Å². The summed E-state index contributed by atoms with van der Waals surface area (Å²) >= 11 is 1.64. The van der Waals surface area contributed by atoms with E-state index in [1.54, 1.807) is 18.7 Å². The van der Waals surface area contributed by atoms with Crippen LogP contribution in [0, 0.1) is 6.92 Å². The van der Waals surface area contributed by atoms with Crippen molar-refractivity contribution in [1.29, 1.82) is 0 Å². The van der Waals surface area contributed by atoms with Gasteiger partial charge in [-0.1, -0.05) is 17.8 Å². The third-order valence-electron chi connectivity index (χ3n) is 3.35. The maximum absolute atomic E-state index is 11.5. The quantitative estimate of drug-likeness (QED) is 0.487. The average Bonchev–Trinajstić information content (AvgIpc) is 2.84. The number of nitrogens with one attached hydrogen (secondary N) is 1. The highest BCUT2D eigenvalue weighted by Crippen LogP contribution is 2.22. The highest BCUT2D eigenvalue weighted by atomic mass is 32.2. The van der Waals surface area contributed by atoms with Crippen LogP contribution in [0.4, 0.5) is 0 Å². The SMILES string of the molecule is COC(=O)C(C)(N)CCCSc1nc2ccc(C)cc2[nH]1. The predicted octanol–water partition coefficient (Wildman–Crippen LogP) is 2.63. The fourth-order valence-electron chi connectivity index (χ4n) is 2.11. The fraction of sp³-hybridized carbons (Fsp3) is 0.467. The number of imidazole rings is 1. The van der Waals surface area contributed by atoms with Crippen LogP contribution >= 0.6 is 11.8 Å². The van der Waals surface area contributed by atoms with Gasteiger partial charge in [-0.3, -0.25) is 4.79 Å². The molecule has 0 saturated carbocycles. The van der Waals surface area contributed by atoms with E-state index >= 15 is 0 Å². The molecule has 0 aliphatic rings. The number of fused-ring (bicyclic) bond motifs is 1. The van der Waals surface area contributed by atoms with E-state index in [0.29, 0.717) is 6.42 Å². The molecular weight excluding hydrogens is 286 g/mol. The van der Waals surface area contributed by atoms with Crippen molar-refractivity contribution in [3.8, 4) is 0 Å². The summed E-state index contributed by atoms with van der Waals surface area (Å²) in [5, 5.41) is 0.896. The molecule has 6 heteroatoms. The number of hydrogen-bond acceptors (Lipinski definition) is 5. The molecule has 0 aliphatic carbocycles. The van der Waals surface area contributed by atoms with E-state index in [1.165, 1.54) is 12.7 Å². The highest BCUT2D eigenvalue weighted by Gasteiger charge is 2.28. The summed E-state index contributed by atoms with van der Waals surface area (Å²) in [6.07, 6.45) is 1.41. The van der Waals surface area contributed by atoms with Crippen LogP contribution in [0.25, 0.3) is 11.0 Å². The van der Waals surface area contributed by atoms with Crippen LogP contribution in [0.2, 0.25) is 0 Å². The van der Waals surface area contributed by atoms with Gasteiger partial charge in [0, 0.05) is 5.75 Å². The Bertz CT molecular complexity index is 637. The minimum Gasteiger partial charge on any atom is -0.468 e. The van der Waals surface area contributed by atoms with Crippen molar-refractivity contribution in [2.24, 2.45) is 5.73 Å². The number of aryl methyl sites for hydroxylation is 1. The number of aromatic nitrogens is 2. The summed E-state index contributed by atoms with van der Waals surface area (Å²) in [6, 6.07) is 6.15. The number of ether oxygens (including phenoxy) is 1. The smallest absolute Gasteiger partial charge is 0.325 e. The number of H-pyrrole nitrogens is 1. The molecule has 5 nitrogen and oxygen atoms in total. The van der Waals surface area contributed by atoms with Crippen molar-refractivity contribution >= 4 is 28.8 Å². The zero-order valence-corrected chi connectivity index (χ0v) is 13.4. The Morgan fingerprint density at radius 1 is 1.52 bits per heavy atom. The molecule has 1 atom stereocenters. The standard InChI is InChI=1S/C15H21N3O2S/c1-10-5-6-11-12(9-10)18-14(17-11)21-8-4-7-15(2,16)13(19)20-3/h5-6,9H,4,7-8,16H2,1-3H3,(H,17,18). The molecule has 2 aromatic rings. The topological polar surface area (TPSA) is 81.0 Å². The Labute approximate surface area is 128 Å². The van der Waals surface area contributed by atoms with Crippen LogP contribution in [0.15, 0.2) is 23.4 Å². The van der Waals surface area contributed by atoms with Crippen molar-refractivity contribution in [1.82, 2.24) is 9.97 Å². The first-order chi connectivity index (χ1) is 9.92. The van der Waals surface area contributed by atoms with Crippen molar-refractivity contribution in [3.63, 3.8) is 0 Å². The first kappa shape index (κ1) is 15.9. The Hall–Kier alpha value is -1.53. The second-order valence-corrected chi connectivity index (χ2v) is 6.51. The molecule has 1 aromatic heterocycles. The molecule has 0 aliphatic heterocycles. The van der Waals surface area contributed by atoms with E-state index < -0.39 is 5.54 Å². The van der Waals surface area contributed by atoms with Gasteiger partial charge in [0.2, 0.25) is 0 Å². The molecule has 114 valence electrons. The van der Waals surface area contributed by atoms with Crippen molar-refractivity contribution < 1.29 is 9.53 Å². The van der Waals surface area contributed by atoms with Gasteiger partial charge >= 0.3 is 5.97 Å². The summed E-state index contributed by atoms with van der Waals surface area (Å²) in [6.45, 7) is 3.76. The maximum Gasteiger partial charge on any atom is 0.325 e. The Balaban J connectivity index is 1.86. The Morgan fingerprint density at radius 3 is 3.00 bits per heavy atom. The van der Waals surface area contributed by atoms with Gasteiger partial charge in [0.1, 0.15) is 5.54 Å². The van der Waals surface area contributed by atoms with Gasteiger partial charge in [-0.2, -0.15) is 0 Å². The Kier molecular flexibility index (Phi) is 4.90. The molecule has 1 unspecified atom stereocenters. The number of rotatable bonds is 6. The summed E-state index contributed by atoms with van der Waals surface area (Å²) in [4.78, 5) is 19.3. The maximum atomic E-state index is 11.5. The number of esters is 1. The number of nitrogens with zero attached hydrogens (tertiary/aromatic N) is 1.